The normalized spacial score (nSPS) is 23.4. The van der Waals surface area contributed by atoms with Crippen LogP contribution in [0.1, 0.15) is 38.5 Å². The average molecular weight is 325 g/mol. The third-order valence-corrected chi connectivity index (χ3v) is 5.21. The van der Waals surface area contributed by atoms with Crippen LogP contribution in [0.4, 0.5) is 10.1 Å². The number of nitrogens with two attached hydrogens (primary N) is 1. The number of piperidine rings is 1. The van der Waals surface area contributed by atoms with E-state index in [-0.39, 0.29) is 16.5 Å². The van der Waals surface area contributed by atoms with E-state index in [9.17, 15) is 4.39 Å². The number of benzene rings is 1. The van der Waals surface area contributed by atoms with Gasteiger partial charge in [0.1, 0.15) is 5.82 Å². The summed E-state index contributed by atoms with van der Waals surface area (Å²) in [4.78, 5) is 2.52. The summed E-state index contributed by atoms with van der Waals surface area (Å²) in [5, 5.41) is 3.82. The van der Waals surface area contributed by atoms with E-state index in [1.54, 1.807) is 12.1 Å². The first-order chi connectivity index (χ1) is 10.6. The molecule has 1 unspecified atom stereocenters. The lowest BCUT2D eigenvalue weighted by molar-refractivity contribution is 0.0631. The monoisotopic (exact) mass is 324 g/mol. The summed E-state index contributed by atoms with van der Waals surface area (Å²) in [7, 11) is 0. The molecule has 1 aromatic rings. The maximum absolute atomic E-state index is 13.4. The van der Waals surface area contributed by atoms with Crippen molar-refractivity contribution < 1.29 is 4.39 Å². The lowest BCUT2D eigenvalue weighted by Gasteiger charge is -2.49. The molecule has 3 rings (SSSR count). The van der Waals surface area contributed by atoms with Crippen molar-refractivity contribution in [2.24, 2.45) is 5.73 Å². The Morgan fingerprint density at radius 1 is 1.32 bits per heavy atom. The van der Waals surface area contributed by atoms with E-state index in [1.807, 2.05) is 0 Å². The van der Waals surface area contributed by atoms with Gasteiger partial charge in [-0.1, -0.05) is 11.6 Å². The molecule has 0 aromatic heterocycles. The van der Waals surface area contributed by atoms with Crippen LogP contribution in [0, 0.1) is 12.2 Å². The van der Waals surface area contributed by atoms with Gasteiger partial charge in [-0.3, -0.25) is 4.90 Å². The molecule has 5 heteroatoms. The van der Waals surface area contributed by atoms with Crippen LogP contribution in [-0.4, -0.2) is 29.7 Å². The van der Waals surface area contributed by atoms with Gasteiger partial charge in [-0.05, 0) is 63.1 Å². The summed E-state index contributed by atoms with van der Waals surface area (Å²) in [5.41, 5.74) is 6.85. The first-order valence-corrected chi connectivity index (χ1v) is 8.52. The zero-order valence-electron chi connectivity index (χ0n) is 12.8. The summed E-state index contributed by atoms with van der Waals surface area (Å²) in [5.74, 6) is -0.375. The Balaban J connectivity index is 1.80. The number of rotatable bonds is 3. The topological polar surface area (TPSA) is 41.3 Å². The predicted octanol–water partition coefficient (Wildman–Crippen LogP) is 3.79. The van der Waals surface area contributed by atoms with Gasteiger partial charge >= 0.3 is 0 Å². The first kappa shape index (κ1) is 16.0. The van der Waals surface area contributed by atoms with Gasteiger partial charge in [-0.25, -0.2) is 4.39 Å². The third kappa shape index (κ3) is 3.39. The third-order valence-electron chi connectivity index (χ3n) is 4.92. The largest absolute Gasteiger partial charge is 0.367 e. The van der Waals surface area contributed by atoms with Gasteiger partial charge in [-0.15, -0.1) is 0 Å². The molecule has 1 atom stereocenters. The standard InChI is InChI=1S/C17H24ClFN3/c18-15-12-14(4-5-16(15)19)21-17(8-2-1-3-9-17)22-10-6-13(20)7-11-22/h2,4-5,12-13,21H,1,3,6-11,20H2. The fourth-order valence-electron chi connectivity index (χ4n) is 3.63. The molecule has 3 nitrogen and oxygen atoms in total. The first-order valence-electron chi connectivity index (χ1n) is 8.15. The van der Waals surface area contributed by atoms with Crippen LogP contribution in [0.2, 0.25) is 5.02 Å². The number of halogens is 2. The van der Waals surface area contributed by atoms with Crippen molar-refractivity contribution in [3.8, 4) is 0 Å². The highest BCUT2D eigenvalue weighted by molar-refractivity contribution is 6.31. The predicted molar refractivity (Wildman–Crippen MR) is 89.3 cm³/mol. The fourth-order valence-corrected chi connectivity index (χ4v) is 3.81. The Hall–Kier alpha value is -0.840. The molecule has 2 fully saturated rings. The minimum atomic E-state index is -0.375. The van der Waals surface area contributed by atoms with E-state index in [0.717, 1.165) is 44.5 Å². The minimum absolute atomic E-state index is 0.0838. The highest BCUT2D eigenvalue weighted by Crippen LogP contribution is 2.36. The highest BCUT2D eigenvalue weighted by Gasteiger charge is 2.39. The summed E-state index contributed by atoms with van der Waals surface area (Å²) < 4.78 is 13.4. The fraction of sp³-hybridized carbons (Fsp3) is 0.588. The Kier molecular flexibility index (Phi) is 4.91. The summed E-state index contributed by atoms with van der Waals surface area (Å²) >= 11 is 5.93. The highest BCUT2D eigenvalue weighted by atomic mass is 35.5. The molecule has 1 heterocycles. The molecule has 121 valence electrons. The molecule has 0 spiro atoms. The quantitative estimate of drug-likeness (QED) is 0.889. The van der Waals surface area contributed by atoms with Crippen molar-refractivity contribution in [3.63, 3.8) is 0 Å². The smallest absolute Gasteiger partial charge is 0.141 e. The van der Waals surface area contributed by atoms with Crippen LogP contribution < -0.4 is 11.1 Å². The number of hydrogen-bond acceptors (Lipinski definition) is 3. The van der Waals surface area contributed by atoms with Gasteiger partial charge in [-0.2, -0.15) is 0 Å². The van der Waals surface area contributed by atoms with Gasteiger partial charge in [0.15, 0.2) is 0 Å². The van der Waals surface area contributed by atoms with Crippen LogP contribution in [-0.2, 0) is 0 Å². The van der Waals surface area contributed by atoms with E-state index < -0.39 is 0 Å². The van der Waals surface area contributed by atoms with Gasteiger partial charge in [0.25, 0.3) is 0 Å². The van der Waals surface area contributed by atoms with Gasteiger partial charge in [0, 0.05) is 24.8 Å². The van der Waals surface area contributed by atoms with Crippen LogP contribution in [0.25, 0.3) is 0 Å². The number of hydrogen-bond donors (Lipinski definition) is 2. The molecule has 1 saturated heterocycles. The summed E-state index contributed by atoms with van der Waals surface area (Å²) in [6.07, 6.45) is 8.85. The molecular weight excluding hydrogens is 301 g/mol. The number of nitrogens with one attached hydrogen (secondary N) is 1. The van der Waals surface area contributed by atoms with Crippen LogP contribution in [0.3, 0.4) is 0 Å². The zero-order valence-corrected chi connectivity index (χ0v) is 13.6. The maximum Gasteiger partial charge on any atom is 0.141 e. The SMILES string of the molecule is NC1CCN(C2(Nc3ccc(F)c(Cl)c3)C[CH]CCC2)CC1. The van der Waals surface area contributed by atoms with E-state index in [0.29, 0.717) is 6.04 Å². The Morgan fingerprint density at radius 2 is 2.09 bits per heavy atom. The van der Waals surface area contributed by atoms with Crippen LogP contribution in [0.15, 0.2) is 18.2 Å². The molecule has 1 saturated carbocycles. The van der Waals surface area contributed by atoms with Crippen molar-refractivity contribution in [3.05, 3.63) is 35.5 Å². The molecule has 0 bridgehead atoms. The maximum atomic E-state index is 13.4. The Morgan fingerprint density at radius 3 is 2.73 bits per heavy atom. The Bertz CT molecular complexity index is 509. The summed E-state index contributed by atoms with van der Waals surface area (Å²) in [6.45, 7) is 2.02. The molecule has 22 heavy (non-hydrogen) atoms. The molecular formula is C17H24ClFN3. The van der Waals surface area contributed by atoms with E-state index in [4.69, 9.17) is 17.3 Å². The second-order valence-corrected chi connectivity index (χ2v) is 6.90. The van der Waals surface area contributed by atoms with Gasteiger partial charge in [0.2, 0.25) is 0 Å². The van der Waals surface area contributed by atoms with Gasteiger partial charge < -0.3 is 11.1 Å². The van der Waals surface area contributed by atoms with Crippen molar-refractivity contribution >= 4 is 17.3 Å². The Labute approximate surface area is 137 Å². The van der Waals surface area contributed by atoms with Crippen LogP contribution in [0.5, 0.6) is 0 Å². The molecule has 1 aromatic carbocycles. The van der Waals surface area contributed by atoms with E-state index in [1.165, 1.54) is 18.9 Å². The number of anilines is 1. The van der Waals surface area contributed by atoms with E-state index in [2.05, 4.69) is 16.6 Å². The second-order valence-electron chi connectivity index (χ2n) is 6.49. The molecule has 1 aliphatic carbocycles. The number of nitrogens with zero attached hydrogens (tertiary/aromatic N) is 1. The summed E-state index contributed by atoms with van der Waals surface area (Å²) in [6, 6.07) is 5.20. The zero-order chi connectivity index (χ0) is 15.6. The van der Waals surface area contributed by atoms with Crippen molar-refractivity contribution in [2.45, 2.75) is 50.2 Å². The molecule has 0 amide bonds. The molecule has 3 N–H and O–H groups in total. The molecule has 2 aliphatic rings. The van der Waals surface area contributed by atoms with E-state index >= 15 is 0 Å². The van der Waals surface area contributed by atoms with Crippen molar-refractivity contribution in [2.75, 3.05) is 18.4 Å². The lowest BCUT2D eigenvalue weighted by Crippen LogP contribution is -2.59. The van der Waals surface area contributed by atoms with Crippen molar-refractivity contribution in [1.29, 1.82) is 0 Å². The molecule has 1 aliphatic heterocycles. The minimum Gasteiger partial charge on any atom is -0.367 e. The lowest BCUT2D eigenvalue weighted by atomic mass is 9.85. The van der Waals surface area contributed by atoms with Crippen molar-refractivity contribution in [1.82, 2.24) is 4.90 Å². The molecule has 1 radical (unpaired) electrons. The van der Waals surface area contributed by atoms with Gasteiger partial charge in [0.05, 0.1) is 10.7 Å². The number of likely N-dealkylation sites (tertiary alicyclic amines) is 1. The van der Waals surface area contributed by atoms with Crippen LogP contribution >= 0.6 is 11.6 Å². The average Bonchev–Trinajstić information content (AvgIpc) is 2.52. The second kappa shape index (κ2) is 6.73.